The molecule has 1 N–H and O–H groups in total. The number of ether oxygens (including phenoxy) is 2. The van der Waals surface area contributed by atoms with Gasteiger partial charge in [0.2, 0.25) is 11.7 Å². The molecule has 1 aliphatic heterocycles. The molecule has 22 heavy (non-hydrogen) atoms. The molecule has 1 heterocycles. The van der Waals surface area contributed by atoms with Crippen molar-refractivity contribution in [1.82, 2.24) is 4.90 Å². The predicted octanol–water partition coefficient (Wildman–Crippen LogP) is 0.122. The molecule has 1 aromatic rings. The van der Waals surface area contributed by atoms with Gasteiger partial charge in [-0.3, -0.25) is 4.79 Å². The highest BCUT2D eigenvalue weighted by Crippen LogP contribution is 2.46. The first-order chi connectivity index (χ1) is 10.4. The maximum Gasteiger partial charge on any atom is 0.221 e. The van der Waals surface area contributed by atoms with E-state index in [1.807, 2.05) is 0 Å². The Hall–Kier alpha value is -2.09. The fraction of sp³-hybridized carbons (Fsp3) is 0.429. The van der Waals surface area contributed by atoms with Crippen molar-refractivity contribution in [3.8, 4) is 17.2 Å². The van der Waals surface area contributed by atoms with Crippen LogP contribution in [0.15, 0.2) is 12.1 Å². The number of aromatic hydroxyl groups is 1. The van der Waals surface area contributed by atoms with Crippen LogP contribution in [0, 0.1) is 0 Å². The zero-order valence-corrected chi connectivity index (χ0v) is 13.2. The first kappa shape index (κ1) is 16.3. The highest BCUT2D eigenvalue weighted by molar-refractivity contribution is 7.99. The van der Waals surface area contributed by atoms with E-state index in [1.165, 1.54) is 37.8 Å². The summed E-state index contributed by atoms with van der Waals surface area (Å²) >= 11 is 1.30. The number of carboxylic acids is 1. The van der Waals surface area contributed by atoms with Gasteiger partial charge in [-0.2, -0.15) is 0 Å². The molecule has 0 bridgehead atoms. The van der Waals surface area contributed by atoms with E-state index in [0.29, 0.717) is 5.56 Å². The first-order valence-electron chi connectivity index (χ1n) is 6.47. The number of phenols is 1. The topological polar surface area (TPSA) is 99.1 Å². The summed E-state index contributed by atoms with van der Waals surface area (Å²) in [6, 6.07) is 2.13. The van der Waals surface area contributed by atoms with E-state index in [4.69, 9.17) is 9.47 Å². The quantitative estimate of drug-likeness (QED) is 0.839. The molecule has 0 spiro atoms. The van der Waals surface area contributed by atoms with Gasteiger partial charge < -0.3 is 29.4 Å². The van der Waals surface area contributed by atoms with Crippen LogP contribution in [-0.2, 0) is 9.59 Å². The van der Waals surface area contributed by atoms with Gasteiger partial charge in [0.25, 0.3) is 0 Å². The number of carbonyl (C=O) groups is 2. The third-order valence-electron chi connectivity index (χ3n) is 3.42. The van der Waals surface area contributed by atoms with Gasteiger partial charge in [-0.1, -0.05) is 0 Å². The zero-order valence-electron chi connectivity index (χ0n) is 12.4. The highest BCUT2D eigenvalue weighted by atomic mass is 32.2. The molecule has 1 aromatic carbocycles. The number of aliphatic carboxylic acids is 1. The van der Waals surface area contributed by atoms with Crippen molar-refractivity contribution in [2.24, 2.45) is 0 Å². The average molecular weight is 326 g/mol. The fourth-order valence-electron chi connectivity index (χ4n) is 2.39. The summed E-state index contributed by atoms with van der Waals surface area (Å²) in [5.41, 5.74) is 0.607. The summed E-state index contributed by atoms with van der Waals surface area (Å²) in [4.78, 5) is 24.3. The van der Waals surface area contributed by atoms with Crippen LogP contribution in [-0.4, -0.2) is 47.9 Å². The van der Waals surface area contributed by atoms with Crippen LogP contribution < -0.4 is 14.6 Å². The standard InChI is InChI=1S/C14H17NO6S/c1-7(16)15-9(14(18)19)6-22-13(15)8-4-10(20-2)12(17)11(5-8)21-3/h4-5,9,13,17H,6H2,1-3H3,(H,18,19)/p-1. The van der Waals surface area contributed by atoms with Crippen molar-refractivity contribution in [1.29, 1.82) is 0 Å². The van der Waals surface area contributed by atoms with E-state index >= 15 is 0 Å². The number of hydrogen-bond acceptors (Lipinski definition) is 7. The van der Waals surface area contributed by atoms with Crippen LogP contribution in [0.3, 0.4) is 0 Å². The molecule has 0 aliphatic carbocycles. The van der Waals surface area contributed by atoms with Crippen molar-refractivity contribution in [3.63, 3.8) is 0 Å². The lowest BCUT2D eigenvalue weighted by Gasteiger charge is -2.29. The summed E-state index contributed by atoms with van der Waals surface area (Å²) in [6.07, 6.45) is 0. The van der Waals surface area contributed by atoms with Gasteiger partial charge >= 0.3 is 0 Å². The van der Waals surface area contributed by atoms with Crippen molar-refractivity contribution in [2.75, 3.05) is 20.0 Å². The summed E-state index contributed by atoms with van der Waals surface area (Å²) in [7, 11) is 2.79. The Bertz CT molecular complexity index is 580. The molecular weight excluding hydrogens is 310 g/mol. The molecule has 120 valence electrons. The van der Waals surface area contributed by atoms with Gasteiger partial charge in [0.1, 0.15) is 5.37 Å². The number of nitrogens with zero attached hydrogens (tertiary/aromatic N) is 1. The third kappa shape index (κ3) is 2.78. The molecule has 0 saturated carbocycles. The molecule has 7 nitrogen and oxygen atoms in total. The Morgan fingerprint density at radius 1 is 1.32 bits per heavy atom. The molecular formula is C14H16NO6S-. The normalized spacial score (nSPS) is 20.8. The Kier molecular flexibility index (Phi) is 4.70. The first-order valence-corrected chi connectivity index (χ1v) is 7.51. The van der Waals surface area contributed by atoms with Gasteiger partial charge in [0, 0.05) is 12.7 Å². The highest BCUT2D eigenvalue weighted by Gasteiger charge is 2.38. The average Bonchev–Trinajstić information content (AvgIpc) is 2.92. The van der Waals surface area contributed by atoms with E-state index in [1.54, 1.807) is 12.1 Å². The van der Waals surface area contributed by atoms with Crippen molar-refractivity contribution in [2.45, 2.75) is 18.3 Å². The summed E-state index contributed by atoms with van der Waals surface area (Å²) < 4.78 is 10.2. The number of carboxylic acid groups (broad SMARTS) is 1. The number of methoxy groups -OCH3 is 2. The molecule has 1 amide bonds. The molecule has 8 heteroatoms. The Labute approximate surface area is 131 Å². The number of rotatable bonds is 4. The van der Waals surface area contributed by atoms with E-state index < -0.39 is 17.4 Å². The van der Waals surface area contributed by atoms with Crippen molar-refractivity contribution in [3.05, 3.63) is 17.7 Å². The zero-order chi connectivity index (χ0) is 16.4. The van der Waals surface area contributed by atoms with Crippen LogP contribution in [0.1, 0.15) is 17.9 Å². The van der Waals surface area contributed by atoms with Crippen LogP contribution in [0.4, 0.5) is 0 Å². The Morgan fingerprint density at radius 2 is 1.86 bits per heavy atom. The summed E-state index contributed by atoms with van der Waals surface area (Å²) in [6.45, 7) is 1.31. The second-order valence-corrected chi connectivity index (χ2v) is 5.83. The van der Waals surface area contributed by atoms with Crippen LogP contribution in [0.5, 0.6) is 17.2 Å². The molecule has 0 aromatic heterocycles. The smallest absolute Gasteiger partial charge is 0.221 e. The van der Waals surface area contributed by atoms with E-state index in [0.717, 1.165) is 0 Å². The molecule has 1 fully saturated rings. The number of amides is 1. The van der Waals surface area contributed by atoms with Crippen LogP contribution >= 0.6 is 11.8 Å². The molecule has 1 aliphatic rings. The fourth-order valence-corrected chi connectivity index (χ4v) is 3.83. The SMILES string of the molecule is COc1cc(C2SCC(C(=O)[O-])N2C(C)=O)cc(OC)c1O. The van der Waals surface area contributed by atoms with Gasteiger partial charge in [-0.05, 0) is 17.7 Å². The maximum absolute atomic E-state index is 11.8. The Balaban J connectivity index is 2.46. The second kappa shape index (κ2) is 6.35. The van der Waals surface area contributed by atoms with Crippen LogP contribution in [0.2, 0.25) is 0 Å². The van der Waals surface area contributed by atoms with Gasteiger partial charge in [0.05, 0.1) is 26.2 Å². The largest absolute Gasteiger partial charge is 0.548 e. The van der Waals surface area contributed by atoms with Gasteiger partial charge in [-0.25, -0.2) is 0 Å². The number of phenolic OH excluding ortho intramolecular Hbond substituents is 1. The number of carbonyl (C=O) groups excluding carboxylic acids is 2. The minimum absolute atomic E-state index is 0.150. The Morgan fingerprint density at radius 3 is 2.27 bits per heavy atom. The number of thioether (sulfide) groups is 1. The monoisotopic (exact) mass is 326 g/mol. The van der Waals surface area contributed by atoms with Crippen molar-refractivity contribution < 1.29 is 29.3 Å². The molecule has 2 atom stereocenters. The lowest BCUT2D eigenvalue weighted by Crippen LogP contribution is -2.48. The van der Waals surface area contributed by atoms with Crippen molar-refractivity contribution >= 4 is 23.6 Å². The molecule has 2 unspecified atom stereocenters. The van der Waals surface area contributed by atoms with E-state index in [-0.39, 0.29) is 28.9 Å². The van der Waals surface area contributed by atoms with E-state index in [2.05, 4.69) is 0 Å². The molecule has 0 radical (unpaired) electrons. The lowest BCUT2D eigenvalue weighted by atomic mass is 10.1. The second-order valence-electron chi connectivity index (χ2n) is 4.72. The minimum Gasteiger partial charge on any atom is -0.548 e. The predicted molar refractivity (Wildman–Crippen MR) is 77.7 cm³/mol. The lowest BCUT2D eigenvalue weighted by molar-refractivity contribution is -0.310. The van der Waals surface area contributed by atoms with Gasteiger partial charge in [0.15, 0.2) is 11.5 Å². The summed E-state index contributed by atoms with van der Waals surface area (Å²) in [5, 5.41) is 20.6. The van der Waals surface area contributed by atoms with E-state index in [9.17, 15) is 19.8 Å². The van der Waals surface area contributed by atoms with Crippen LogP contribution in [0.25, 0.3) is 0 Å². The van der Waals surface area contributed by atoms with Gasteiger partial charge in [-0.15, -0.1) is 11.8 Å². The number of benzene rings is 1. The summed E-state index contributed by atoms with van der Waals surface area (Å²) in [5.74, 6) is -1.19. The molecule has 1 saturated heterocycles. The molecule has 2 rings (SSSR count). The number of hydrogen-bond donors (Lipinski definition) is 1. The minimum atomic E-state index is -1.29. The maximum atomic E-state index is 11.8. The third-order valence-corrected chi connectivity index (χ3v) is 4.75.